The first-order valence-electron chi connectivity index (χ1n) is 7.31. The number of hydrogen-bond donors (Lipinski definition) is 0. The molecule has 1 heterocycles. The van der Waals surface area contributed by atoms with E-state index < -0.39 is 11.7 Å². The van der Waals surface area contributed by atoms with E-state index in [4.69, 9.17) is 0 Å². The fourth-order valence-corrected chi connectivity index (χ4v) is 2.61. The molecule has 114 valence electrons. The van der Waals surface area contributed by atoms with Crippen LogP contribution in [0, 0.1) is 0 Å². The minimum atomic E-state index is -0.446. The molecule has 0 spiro atoms. The highest BCUT2D eigenvalue weighted by atomic mass is 16.2. The van der Waals surface area contributed by atoms with Crippen LogP contribution in [0.3, 0.4) is 0 Å². The van der Waals surface area contributed by atoms with Crippen molar-refractivity contribution in [1.29, 1.82) is 0 Å². The van der Waals surface area contributed by atoms with Crippen LogP contribution < -0.4 is 9.80 Å². The van der Waals surface area contributed by atoms with Crippen LogP contribution in [-0.4, -0.2) is 57.4 Å². The maximum atomic E-state index is 11.8. The second-order valence-corrected chi connectivity index (χ2v) is 5.63. The van der Waals surface area contributed by atoms with E-state index in [-0.39, 0.29) is 0 Å². The largest absolute Gasteiger partial charge is 0.372 e. The van der Waals surface area contributed by atoms with Gasteiger partial charge in [-0.1, -0.05) is 0 Å². The van der Waals surface area contributed by atoms with Crippen molar-refractivity contribution in [3.8, 4) is 0 Å². The highest BCUT2D eigenvalue weighted by Crippen LogP contribution is 2.31. The average molecular weight is 289 g/mol. The molecule has 0 saturated carbocycles. The topological polar surface area (TPSA) is 43.9 Å². The minimum absolute atomic E-state index is 0.408. The first-order chi connectivity index (χ1) is 9.95. The first kappa shape index (κ1) is 15.5. The Morgan fingerprint density at radius 2 is 1.86 bits per heavy atom. The summed E-state index contributed by atoms with van der Waals surface area (Å²) in [6.07, 6.45) is 1.08. The monoisotopic (exact) mass is 289 g/mol. The summed E-state index contributed by atoms with van der Waals surface area (Å²) in [4.78, 5) is 29.4. The number of rotatable bonds is 6. The van der Waals surface area contributed by atoms with Crippen molar-refractivity contribution in [2.45, 2.75) is 13.3 Å². The van der Waals surface area contributed by atoms with Gasteiger partial charge in [0, 0.05) is 25.8 Å². The van der Waals surface area contributed by atoms with E-state index in [2.05, 4.69) is 30.8 Å². The SMILES string of the molecule is CCN(CCCN(C)C)c1ccc2c(c1)N(C)C(=O)C2=O. The number of anilines is 2. The van der Waals surface area contributed by atoms with Gasteiger partial charge >= 0.3 is 0 Å². The van der Waals surface area contributed by atoms with E-state index in [9.17, 15) is 9.59 Å². The number of amides is 1. The molecule has 0 atom stereocenters. The van der Waals surface area contributed by atoms with Gasteiger partial charge in [-0.15, -0.1) is 0 Å². The second kappa shape index (κ2) is 6.26. The number of Topliss-reactive ketones (excluding diaryl/α,β-unsaturated/α-hetero) is 1. The van der Waals surface area contributed by atoms with E-state index >= 15 is 0 Å². The van der Waals surface area contributed by atoms with Crippen molar-refractivity contribution in [1.82, 2.24) is 4.90 Å². The van der Waals surface area contributed by atoms with Gasteiger partial charge in [0.05, 0.1) is 11.3 Å². The standard InChI is InChI=1S/C16H23N3O2/c1-5-19(10-6-9-17(2)3)12-7-8-13-14(11-12)18(4)16(21)15(13)20/h7-8,11H,5-6,9-10H2,1-4H3. The molecular formula is C16H23N3O2. The van der Waals surface area contributed by atoms with E-state index in [0.29, 0.717) is 11.3 Å². The van der Waals surface area contributed by atoms with Crippen molar-refractivity contribution >= 4 is 23.1 Å². The zero-order valence-corrected chi connectivity index (χ0v) is 13.2. The first-order valence-corrected chi connectivity index (χ1v) is 7.31. The van der Waals surface area contributed by atoms with Crippen LogP contribution in [-0.2, 0) is 4.79 Å². The average Bonchev–Trinajstić information content (AvgIpc) is 2.68. The Bertz CT molecular complexity index is 554. The van der Waals surface area contributed by atoms with Gasteiger partial charge in [0.1, 0.15) is 0 Å². The zero-order chi connectivity index (χ0) is 15.6. The fourth-order valence-electron chi connectivity index (χ4n) is 2.61. The maximum absolute atomic E-state index is 11.8. The Morgan fingerprint density at radius 1 is 1.14 bits per heavy atom. The van der Waals surface area contributed by atoms with Crippen LogP contribution in [0.5, 0.6) is 0 Å². The number of carbonyl (C=O) groups is 2. The highest BCUT2D eigenvalue weighted by molar-refractivity contribution is 6.52. The Balaban J connectivity index is 2.17. The number of fused-ring (bicyclic) bond motifs is 1. The van der Waals surface area contributed by atoms with Gasteiger partial charge in [0.25, 0.3) is 11.7 Å². The highest BCUT2D eigenvalue weighted by Gasteiger charge is 2.33. The number of likely N-dealkylation sites (N-methyl/N-ethyl adjacent to an activating group) is 1. The Morgan fingerprint density at radius 3 is 2.48 bits per heavy atom. The predicted octanol–water partition coefficient (Wildman–Crippen LogP) is 1.62. The third-order valence-corrected chi connectivity index (χ3v) is 3.87. The summed E-state index contributed by atoms with van der Waals surface area (Å²) >= 11 is 0. The van der Waals surface area contributed by atoms with Gasteiger partial charge in [-0.2, -0.15) is 0 Å². The molecule has 0 aromatic heterocycles. The lowest BCUT2D eigenvalue weighted by Gasteiger charge is -2.25. The molecule has 1 amide bonds. The Labute approximate surface area is 126 Å². The van der Waals surface area contributed by atoms with Gasteiger partial charge in [-0.25, -0.2) is 0 Å². The molecule has 1 aromatic rings. The molecular weight excluding hydrogens is 266 g/mol. The smallest absolute Gasteiger partial charge is 0.299 e. The summed E-state index contributed by atoms with van der Waals surface area (Å²) in [6, 6.07) is 5.64. The number of carbonyl (C=O) groups excluding carboxylic acids is 2. The normalized spacial score (nSPS) is 14.0. The van der Waals surface area contributed by atoms with Gasteiger partial charge in [0.15, 0.2) is 0 Å². The lowest BCUT2D eigenvalue weighted by molar-refractivity contribution is -0.114. The molecule has 0 saturated heterocycles. The third kappa shape index (κ3) is 3.08. The molecule has 0 unspecified atom stereocenters. The van der Waals surface area contributed by atoms with Gasteiger partial charge in [-0.05, 0) is 52.2 Å². The molecule has 1 aliphatic heterocycles. The Kier molecular flexibility index (Phi) is 4.63. The molecule has 1 aliphatic rings. The van der Waals surface area contributed by atoms with Crippen molar-refractivity contribution in [2.24, 2.45) is 0 Å². The molecule has 21 heavy (non-hydrogen) atoms. The molecule has 1 aromatic carbocycles. The van der Waals surface area contributed by atoms with Crippen molar-refractivity contribution < 1.29 is 9.59 Å². The summed E-state index contributed by atoms with van der Waals surface area (Å²) in [6.45, 7) is 5.01. The summed E-state index contributed by atoms with van der Waals surface area (Å²) in [5.74, 6) is -0.854. The van der Waals surface area contributed by atoms with E-state index in [1.807, 2.05) is 12.1 Å². The van der Waals surface area contributed by atoms with Crippen molar-refractivity contribution in [3.63, 3.8) is 0 Å². The quantitative estimate of drug-likeness (QED) is 0.747. The lowest BCUT2D eigenvalue weighted by atomic mass is 10.1. The minimum Gasteiger partial charge on any atom is -0.372 e. The van der Waals surface area contributed by atoms with Crippen LogP contribution in [0.4, 0.5) is 11.4 Å². The molecule has 0 N–H and O–H groups in total. The van der Waals surface area contributed by atoms with E-state index in [1.54, 1.807) is 13.1 Å². The Hall–Kier alpha value is -1.88. The third-order valence-electron chi connectivity index (χ3n) is 3.87. The summed E-state index contributed by atoms with van der Waals surface area (Å²) in [5.41, 5.74) is 2.29. The molecule has 0 aliphatic carbocycles. The summed E-state index contributed by atoms with van der Waals surface area (Å²) in [5, 5.41) is 0. The molecule has 0 bridgehead atoms. The molecule has 5 heteroatoms. The fraction of sp³-hybridized carbons (Fsp3) is 0.500. The summed E-state index contributed by atoms with van der Waals surface area (Å²) < 4.78 is 0. The number of benzene rings is 1. The lowest BCUT2D eigenvalue weighted by Crippen LogP contribution is -2.27. The molecule has 2 rings (SSSR count). The van der Waals surface area contributed by atoms with E-state index in [0.717, 1.165) is 31.7 Å². The number of nitrogens with zero attached hydrogens (tertiary/aromatic N) is 3. The maximum Gasteiger partial charge on any atom is 0.299 e. The molecule has 0 fully saturated rings. The van der Waals surface area contributed by atoms with Crippen LogP contribution in [0.1, 0.15) is 23.7 Å². The van der Waals surface area contributed by atoms with Crippen molar-refractivity contribution in [2.75, 3.05) is 50.6 Å². The van der Waals surface area contributed by atoms with Crippen LogP contribution in [0.2, 0.25) is 0 Å². The van der Waals surface area contributed by atoms with Gasteiger partial charge in [-0.3, -0.25) is 9.59 Å². The molecule has 0 radical (unpaired) electrons. The van der Waals surface area contributed by atoms with Crippen LogP contribution in [0.15, 0.2) is 18.2 Å². The number of hydrogen-bond acceptors (Lipinski definition) is 4. The summed E-state index contributed by atoms with van der Waals surface area (Å²) in [7, 11) is 5.79. The number of ketones is 1. The van der Waals surface area contributed by atoms with Gasteiger partial charge in [0.2, 0.25) is 0 Å². The van der Waals surface area contributed by atoms with Gasteiger partial charge < -0.3 is 14.7 Å². The zero-order valence-electron chi connectivity index (χ0n) is 13.2. The van der Waals surface area contributed by atoms with E-state index in [1.165, 1.54) is 4.90 Å². The van der Waals surface area contributed by atoms with Crippen LogP contribution in [0.25, 0.3) is 0 Å². The predicted molar refractivity (Wildman–Crippen MR) is 85.2 cm³/mol. The molecule has 5 nitrogen and oxygen atoms in total. The van der Waals surface area contributed by atoms with Crippen molar-refractivity contribution in [3.05, 3.63) is 23.8 Å². The second-order valence-electron chi connectivity index (χ2n) is 5.63. The van der Waals surface area contributed by atoms with Crippen LogP contribution >= 0.6 is 0 Å².